The highest BCUT2D eigenvalue weighted by Gasteiger charge is 2.34. The second-order valence-corrected chi connectivity index (χ2v) is 6.17. The minimum absolute atomic E-state index is 0.00282. The Labute approximate surface area is 143 Å². The topological polar surface area (TPSA) is 65.4 Å². The van der Waals surface area contributed by atoms with Gasteiger partial charge in [-0.2, -0.15) is 5.26 Å². The Bertz CT molecular complexity index is 792. The number of carbonyl (C=O) groups excluding carboxylic acids is 1. The van der Waals surface area contributed by atoms with E-state index in [2.05, 4.69) is 17.9 Å². The van der Waals surface area contributed by atoms with Gasteiger partial charge in [0.15, 0.2) is 0 Å². The van der Waals surface area contributed by atoms with Crippen LogP contribution in [0.3, 0.4) is 0 Å². The lowest BCUT2D eigenvalue weighted by molar-refractivity contribution is -0.118. The van der Waals surface area contributed by atoms with E-state index >= 15 is 0 Å². The van der Waals surface area contributed by atoms with Gasteiger partial charge in [-0.15, -0.1) is 24.0 Å². The fraction of sp³-hybridized carbons (Fsp3) is 0.125. The molecule has 0 aliphatic carbocycles. The third-order valence-corrected chi connectivity index (χ3v) is 4.84. The van der Waals surface area contributed by atoms with Crippen LogP contribution < -0.4 is 15.0 Å². The van der Waals surface area contributed by atoms with E-state index < -0.39 is 12.1 Å². The highest BCUT2D eigenvalue weighted by molar-refractivity contribution is 7.84. The van der Waals surface area contributed by atoms with Crippen LogP contribution in [-0.2, 0) is 4.79 Å². The molecule has 1 aliphatic heterocycles. The minimum atomic E-state index is -0.416. The van der Waals surface area contributed by atoms with E-state index in [1.165, 1.54) is 11.3 Å². The largest absolute Gasteiger partial charge is 0.497 e. The number of rotatable bonds is 3. The third kappa shape index (κ3) is 2.79. The molecule has 1 N–H and O–H groups in total. The van der Waals surface area contributed by atoms with Crippen molar-refractivity contribution in [1.82, 2.24) is 5.32 Å². The molecule has 0 spiro atoms. The molecule has 1 amide bonds. The molecule has 1 atom stereocenters. The van der Waals surface area contributed by atoms with Crippen molar-refractivity contribution in [3.8, 4) is 11.8 Å². The van der Waals surface area contributed by atoms with E-state index in [4.69, 9.17) is 4.74 Å². The fourth-order valence-corrected chi connectivity index (χ4v) is 3.51. The lowest BCUT2D eigenvalue weighted by Crippen LogP contribution is -2.45. The van der Waals surface area contributed by atoms with Crippen molar-refractivity contribution in [3.63, 3.8) is 0 Å². The Morgan fingerprint density at radius 2 is 2.09 bits per heavy atom. The number of amides is 1. The van der Waals surface area contributed by atoms with Crippen LogP contribution in [0, 0.1) is 11.3 Å². The van der Waals surface area contributed by atoms with E-state index in [1.54, 1.807) is 7.11 Å². The zero-order valence-electron chi connectivity index (χ0n) is 12.2. The van der Waals surface area contributed by atoms with E-state index in [0.29, 0.717) is 5.03 Å². The number of nitrogens with one attached hydrogen (secondary N) is 1. The molecule has 1 aromatic heterocycles. The first-order valence-corrected chi connectivity index (χ1v) is 8.09. The van der Waals surface area contributed by atoms with Gasteiger partial charge in [0.2, 0.25) is 0 Å². The predicted molar refractivity (Wildman–Crippen MR) is 92.3 cm³/mol. The summed E-state index contributed by atoms with van der Waals surface area (Å²) in [4.78, 5) is 14.9. The van der Waals surface area contributed by atoms with E-state index in [0.717, 1.165) is 16.3 Å². The zero-order valence-corrected chi connectivity index (χ0v) is 13.9. The van der Waals surface area contributed by atoms with Gasteiger partial charge < -0.3 is 15.0 Å². The number of methoxy groups -OCH3 is 1. The van der Waals surface area contributed by atoms with Crippen LogP contribution >= 0.6 is 24.0 Å². The van der Waals surface area contributed by atoms with Gasteiger partial charge in [-0.1, -0.05) is 6.07 Å². The summed E-state index contributed by atoms with van der Waals surface area (Å²) in [5.74, 6) is 0.313. The summed E-state index contributed by atoms with van der Waals surface area (Å²) in [6.45, 7) is 0. The number of carbonyl (C=O) groups is 1. The molecule has 2 aromatic rings. The maximum atomic E-state index is 12.1. The van der Waals surface area contributed by atoms with Crippen molar-refractivity contribution in [2.24, 2.45) is 0 Å². The molecule has 0 bridgehead atoms. The summed E-state index contributed by atoms with van der Waals surface area (Å²) in [7, 11) is 1.60. The Kier molecular flexibility index (Phi) is 4.28. The number of anilines is 1. The summed E-state index contributed by atoms with van der Waals surface area (Å²) in [5, 5.41) is 14.4. The van der Waals surface area contributed by atoms with Crippen molar-refractivity contribution in [2.75, 3.05) is 12.0 Å². The fourth-order valence-electron chi connectivity index (χ4n) is 2.37. The van der Waals surface area contributed by atoms with Gasteiger partial charge in [0.1, 0.15) is 23.6 Å². The van der Waals surface area contributed by atoms with Crippen LogP contribution in [0.15, 0.2) is 52.4 Å². The molecule has 1 aromatic carbocycles. The molecular weight excluding hydrogens is 330 g/mol. The number of thiol groups is 1. The average Bonchev–Trinajstić information content (AvgIpc) is 3.09. The van der Waals surface area contributed by atoms with Crippen LogP contribution in [-0.4, -0.2) is 13.0 Å². The summed E-state index contributed by atoms with van der Waals surface area (Å²) in [6, 6.07) is 13.1. The molecule has 0 fully saturated rings. The number of hydrogen-bond acceptors (Lipinski definition) is 6. The van der Waals surface area contributed by atoms with E-state index in [1.807, 2.05) is 52.7 Å². The molecule has 3 rings (SSSR count). The van der Waals surface area contributed by atoms with Gasteiger partial charge in [0.05, 0.1) is 12.1 Å². The predicted octanol–water partition coefficient (Wildman–Crippen LogP) is 3.06. The Morgan fingerprint density at radius 3 is 2.65 bits per heavy atom. The summed E-state index contributed by atoms with van der Waals surface area (Å²) in [6.07, 6.45) is -0.402. The monoisotopic (exact) mass is 343 g/mol. The maximum Gasteiger partial charge on any atom is 0.266 e. The van der Waals surface area contributed by atoms with Crippen LogP contribution in [0.1, 0.15) is 11.0 Å². The van der Waals surface area contributed by atoms with Crippen molar-refractivity contribution in [3.05, 3.63) is 57.3 Å². The number of ether oxygens (including phenoxy) is 1. The average molecular weight is 343 g/mol. The molecule has 0 saturated heterocycles. The van der Waals surface area contributed by atoms with Crippen LogP contribution in [0.5, 0.6) is 5.75 Å². The van der Waals surface area contributed by atoms with Crippen molar-refractivity contribution in [2.45, 2.75) is 6.17 Å². The highest BCUT2D eigenvalue weighted by Crippen LogP contribution is 2.37. The van der Waals surface area contributed by atoms with Gasteiger partial charge >= 0.3 is 0 Å². The van der Waals surface area contributed by atoms with E-state index in [9.17, 15) is 10.1 Å². The van der Waals surface area contributed by atoms with Crippen molar-refractivity contribution >= 4 is 35.6 Å². The Morgan fingerprint density at radius 1 is 1.35 bits per heavy atom. The lowest BCUT2D eigenvalue weighted by Gasteiger charge is -2.37. The number of thiophene rings is 1. The minimum Gasteiger partial charge on any atom is -0.497 e. The quantitative estimate of drug-likeness (QED) is 0.841. The molecule has 0 radical (unpaired) electrons. The van der Waals surface area contributed by atoms with Crippen LogP contribution in [0.25, 0.3) is 0 Å². The second-order valence-electron chi connectivity index (χ2n) is 4.77. The SMILES string of the molecule is COc1ccc(N2C(S)=C(C#N)C(=O)N[C@@H]2c2cccs2)cc1. The highest BCUT2D eigenvalue weighted by atomic mass is 32.1. The Hall–Kier alpha value is -2.43. The van der Waals surface area contributed by atoms with Gasteiger partial charge in [-0.05, 0) is 35.7 Å². The maximum absolute atomic E-state index is 12.1. The van der Waals surface area contributed by atoms with Crippen LogP contribution in [0.4, 0.5) is 5.69 Å². The summed E-state index contributed by atoms with van der Waals surface area (Å²) >= 11 is 5.96. The first-order chi connectivity index (χ1) is 11.2. The van der Waals surface area contributed by atoms with Crippen molar-refractivity contribution in [1.29, 1.82) is 5.26 Å². The normalized spacial score (nSPS) is 17.7. The first kappa shape index (κ1) is 15.5. The molecule has 23 heavy (non-hydrogen) atoms. The number of nitriles is 1. The van der Waals surface area contributed by atoms with Gasteiger partial charge in [-0.25, -0.2) is 0 Å². The second kappa shape index (κ2) is 6.36. The van der Waals surface area contributed by atoms with Crippen molar-refractivity contribution < 1.29 is 9.53 Å². The number of benzene rings is 1. The van der Waals surface area contributed by atoms with Gasteiger partial charge in [0, 0.05) is 10.6 Å². The summed E-state index contributed by atoms with van der Waals surface area (Å²) in [5.41, 5.74) is 0.805. The molecule has 1 aliphatic rings. The molecular formula is C16H13N3O2S2. The van der Waals surface area contributed by atoms with E-state index in [-0.39, 0.29) is 5.57 Å². The molecule has 7 heteroatoms. The zero-order chi connectivity index (χ0) is 16.4. The molecule has 5 nitrogen and oxygen atoms in total. The van der Waals surface area contributed by atoms with Gasteiger partial charge in [-0.3, -0.25) is 4.79 Å². The van der Waals surface area contributed by atoms with Crippen LogP contribution in [0.2, 0.25) is 0 Å². The van der Waals surface area contributed by atoms with Gasteiger partial charge in [0.25, 0.3) is 5.91 Å². The Balaban J connectivity index is 2.11. The number of nitrogens with zero attached hydrogens (tertiary/aromatic N) is 2. The molecule has 0 saturated carbocycles. The molecule has 2 heterocycles. The number of hydrogen-bond donors (Lipinski definition) is 2. The first-order valence-electron chi connectivity index (χ1n) is 6.76. The standard InChI is InChI=1S/C16H13N3O2S2/c1-21-11-6-4-10(5-7-11)19-14(13-3-2-8-23-13)18-15(20)12(9-17)16(19)22/h2-8,14,22H,1H3,(H,18,20)/t14-/m0/s1. The smallest absolute Gasteiger partial charge is 0.266 e. The summed E-state index contributed by atoms with van der Waals surface area (Å²) < 4.78 is 5.17. The lowest BCUT2D eigenvalue weighted by atomic mass is 10.1. The third-order valence-electron chi connectivity index (χ3n) is 3.48. The molecule has 116 valence electrons. The molecule has 0 unspecified atom stereocenters.